The Hall–Kier alpha value is -0.600. The van der Waals surface area contributed by atoms with Gasteiger partial charge in [0.25, 0.3) is 0 Å². The summed E-state index contributed by atoms with van der Waals surface area (Å²) in [5, 5.41) is 0. The fourth-order valence-electron chi connectivity index (χ4n) is 1.41. The van der Waals surface area contributed by atoms with Crippen molar-refractivity contribution in [1.82, 2.24) is 0 Å². The van der Waals surface area contributed by atoms with Crippen LogP contribution >= 0.6 is 0 Å². The number of rotatable bonds is 7. The molecule has 0 saturated carbocycles. The third-order valence-corrected chi connectivity index (χ3v) is 2.98. The van der Waals surface area contributed by atoms with Gasteiger partial charge in [-0.15, -0.1) is 0 Å². The van der Waals surface area contributed by atoms with Crippen LogP contribution in [0.2, 0.25) is 0 Å². The van der Waals surface area contributed by atoms with Crippen molar-refractivity contribution in [3.63, 3.8) is 0 Å². The number of halogens is 1. The van der Waals surface area contributed by atoms with Gasteiger partial charge in [0, 0.05) is 0 Å². The van der Waals surface area contributed by atoms with E-state index in [-0.39, 0.29) is 12.0 Å². The lowest BCUT2D eigenvalue weighted by Gasteiger charge is -2.26. The van der Waals surface area contributed by atoms with E-state index in [1.54, 1.807) is 13.8 Å². The van der Waals surface area contributed by atoms with Gasteiger partial charge >= 0.3 is 5.97 Å². The van der Waals surface area contributed by atoms with Crippen molar-refractivity contribution in [1.29, 1.82) is 0 Å². The summed E-state index contributed by atoms with van der Waals surface area (Å²) in [5.74, 6) is -1.07. The van der Waals surface area contributed by atoms with E-state index in [4.69, 9.17) is 4.74 Å². The predicted molar refractivity (Wildman–Crippen MR) is 64.0 cm³/mol. The molecule has 0 aliphatic rings. The summed E-state index contributed by atoms with van der Waals surface area (Å²) in [4.78, 5) is 11.7. The summed E-state index contributed by atoms with van der Waals surface area (Å²) in [6.07, 6.45) is 3.39. The van der Waals surface area contributed by atoms with Gasteiger partial charge in [0.1, 0.15) is 6.10 Å². The minimum atomic E-state index is -1.88. The minimum Gasteiger partial charge on any atom is -0.460 e. The van der Waals surface area contributed by atoms with E-state index in [1.807, 2.05) is 13.8 Å². The van der Waals surface area contributed by atoms with Crippen LogP contribution in [0.3, 0.4) is 0 Å². The molecule has 2 nitrogen and oxygen atoms in total. The third kappa shape index (κ3) is 4.50. The standard InChI is InChI=1S/C13H25FO2/c1-6-8-11(9-7-2)16-12(15)13(5,14)10(3)4/h10-11H,6-9H2,1-5H3. The van der Waals surface area contributed by atoms with Crippen LogP contribution in [0.4, 0.5) is 4.39 Å². The van der Waals surface area contributed by atoms with Gasteiger partial charge in [-0.1, -0.05) is 40.5 Å². The largest absolute Gasteiger partial charge is 0.460 e. The molecule has 0 aromatic carbocycles. The Morgan fingerprint density at radius 1 is 1.25 bits per heavy atom. The van der Waals surface area contributed by atoms with E-state index < -0.39 is 11.6 Å². The SMILES string of the molecule is CCCC(CCC)OC(=O)C(C)(F)C(C)C. The molecule has 0 N–H and O–H groups in total. The van der Waals surface area contributed by atoms with Crippen molar-refractivity contribution in [2.24, 2.45) is 5.92 Å². The third-order valence-electron chi connectivity index (χ3n) is 2.98. The van der Waals surface area contributed by atoms with E-state index in [2.05, 4.69) is 0 Å². The fraction of sp³-hybridized carbons (Fsp3) is 0.923. The van der Waals surface area contributed by atoms with Crippen molar-refractivity contribution in [3.05, 3.63) is 0 Å². The quantitative estimate of drug-likeness (QED) is 0.623. The Morgan fingerprint density at radius 3 is 2.00 bits per heavy atom. The van der Waals surface area contributed by atoms with Gasteiger partial charge in [0.05, 0.1) is 0 Å². The molecule has 0 radical (unpaired) electrons. The van der Waals surface area contributed by atoms with Gasteiger partial charge < -0.3 is 4.74 Å². The highest BCUT2D eigenvalue weighted by Gasteiger charge is 2.39. The number of esters is 1. The van der Waals surface area contributed by atoms with E-state index in [9.17, 15) is 9.18 Å². The number of alkyl halides is 1. The smallest absolute Gasteiger partial charge is 0.344 e. The maximum Gasteiger partial charge on any atom is 0.344 e. The molecule has 0 aromatic rings. The van der Waals surface area contributed by atoms with E-state index >= 15 is 0 Å². The summed E-state index contributed by atoms with van der Waals surface area (Å²) in [7, 11) is 0. The van der Waals surface area contributed by atoms with Crippen molar-refractivity contribution < 1.29 is 13.9 Å². The molecule has 3 heteroatoms. The van der Waals surface area contributed by atoms with Crippen molar-refractivity contribution in [3.8, 4) is 0 Å². The second-order valence-electron chi connectivity index (χ2n) is 4.83. The monoisotopic (exact) mass is 232 g/mol. The maximum absolute atomic E-state index is 14.0. The van der Waals surface area contributed by atoms with E-state index in [0.717, 1.165) is 25.7 Å². The first kappa shape index (κ1) is 15.4. The maximum atomic E-state index is 14.0. The molecule has 0 rings (SSSR count). The molecule has 0 aliphatic carbocycles. The van der Waals surface area contributed by atoms with Crippen molar-refractivity contribution in [2.45, 2.75) is 72.1 Å². The van der Waals surface area contributed by atoms with Crippen molar-refractivity contribution >= 4 is 5.97 Å². The Morgan fingerprint density at radius 2 is 1.69 bits per heavy atom. The summed E-state index contributed by atoms with van der Waals surface area (Å²) < 4.78 is 19.2. The molecule has 1 atom stereocenters. The lowest BCUT2D eigenvalue weighted by atomic mass is 9.94. The molecule has 0 bridgehead atoms. The highest BCUT2D eigenvalue weighted by molar-refractivity contribution is 5.79. The Bertz CT molecular complexity index is 206. The van der Waals surface area contributed by atoms with Crippen LogP contribution in [-0.4, -0.2) is 17.7 Å². The second kappa shape index (κ2) is 6.87. The summed E-state index contributed by atoms with van der Waals surface area (Å²) in [6, 6.07) is 0. The molecular weight excluding hydrogens is 207 g/mol. The van der Waals surface area contributed by atoms with Gasteiger partial charge in [0.2, 0.25) is 5.67 Å². The molecule has 0 spiro atoms. The molecule has 16 heavy (non-hydrogen) atoms. The Balaban J connectivity index is 4.38. The zero-order valence-corrected chi connectivity index (χ0v) is 11.2. The molecular formula is C13H25FO2. The zero-order chi connectivity index (χ0) is 12.8. The number of ether oxygens (including phenoxy) is 1. The summed E-state index contributed by atoms with van der Waals surface area (Å²) >= 11 is 0. The highest BCUT2D eigenvalue weighted by atomic mass is 19.1. The Labute approximate surface area is 98.6 Å². The van der Waals surface area contributed by atoms with E-state index in [1.165, 1.54) is 6.92 Å². The van der Waals surface area contributed by atoms with Gasteiger partial charge in [-0.25, -0.2) is 9.18 Å². The lowest BCUT2D eigenvalue weighted by Crippen LogP contribution is -2.39. The lowest BCUT2D eigenvalue weighted by molar-refractivity contribution is -0.166. The average Bonchev–Trinajstić information content (AvgIpc) is 2.18. The minimum absolute atomic E-state index is 0.128. The number of hydrogen-bond donors (Lipinski definition) is 0. The molecule has 96 valence electrons. The van der Waals surface area contributed by atoms with Gasteiger partial charge in [0.15, 0.2) is 0 Å². The van der Waals surface area contributed by atoms with Crippen molar-refractivity contribution in [2.75, 3.05) is 0 Å². The molecule has 0 aliphatic heterocycles. The highest BCUT2D eigenvalue weighted by Crippen LogP contribution is 2.24. The van der Waals surface area contributed by atoms with Gasteiger partial charge in [-0.05, 0) is 25.7 Å². The molecule has 0 aromatic heterocycles. The molecule has 1 unspecified atom stereocenters. The van der Waals surface area contributed by atoms with Crippen LogP contribution in [0.25, 0.3) is 0 Å². The normalized spacial score (nSPS) is 15.2. The van der Waals surface area contributed by atoms with Crippen LogP contribution in [0, 0.1) is 5.92 Å². The van der Waals surface area contributed by atoms with Gasteiger partial charge in [-0.2, -0.15) is 0 Å². The molecule has 0 heterocycles. The van der Waals surface area contributed by atoms with Crippen LogP contribution in [0.1, 0.15) is 60.3 Å². The van der Waals surface area contributed by atoms with Crippen LogP contribution in [0.15, 0.2) is 0 Å². The number of carbonyl (C=O) groups is 1. The first-order chi connectivity index (χ1) is 7.36. The number of hydrogen-bond acceptors (Lipinski definition) is 2. The van der Waals surface area contributed by atoms with Crippen LogP contribution in [-0.2, 0) is 9.53 Å². The average molecular weight is 232 g/mol. The molecule has 0 fully saturated rings. The molecule has 0 amide bonds. The topological polar surface area (TPSA) is 26.3 Å². The predicted octanol–water partition coefficient (Wildman–Crippen LogP) is 3.88. The second-order valence-corrected chi connectivity index (χ2v) is 4.83. The first-order valence-corrected chi connectivity index (χ1v) is 6.26. The fourth-order valence-corrected chi connectivity index (χ4v) is 1.41. The summed E-state index contributed by atoms with van der Waals surface area (Å²) in [5.41, 5.74) is -1.88. The van der Waals surface area contributed by atoms with Gasteiger partial charge in [-0.3, -0.25) is 0 Å². The summed E-state index contributed by atoms with van der Waals surface area (Å²) in [6.45, 7) is 8.75. The molecule has 0 saturated heterocycles. The Kier molecular flexibility index (Phi) is 6.61. The zero-order valence-electron chi connectivity index (χ0n) is 11.2. The first-order valence-electron chi connectivity index (χ1n) is 6.26. The number of carbonyl (C=O) groups excluding carboxylic acids is 1. The van der Waals surface area contributed by atoms with E-state index in [0.29, 0.717) is 0 Å². The van der Waals surface area contributed by atoms with Crippen LogP contribution < -0.4 is 0 Å². The van der Waals surface area contributed by atoms with Crippen LogP contribution in [0.5, 0.6) is 0 Å².